The number of hydrogen-bond donors (Lipinski definition) is 2. The maximum atomic E-state index is 12.2. The maximum Gasteiger partial charge on any atom is 0.270 e. The molecule has 6 heteroatoms. The van der Waals surface area contributed by atoms with Crippen molar-refractivity contribution < 1.29 is 14.3 Å². The van der Waals surface area contributed by atoms with Gasteiger partial charge >= 0.3 is 0 Å². The number of benzene rings is 1. The van der Waals surface area contributed by atoms with E-state index in [1.165, 1.54) is 17.6 Å². The van der Waals surface area contributed by atoms with E-state index in [1.807, 2.05) is 30.3 Å². The first-order valence-electron chi connectivity index (χ1n) is 7.12. The summed E-state index contributed by atoms with van der Waals surface area (Å²) in [6.07, 6.45) is 1.48. The Morgan fingerprint density at radius 3 is 2.78 bits per heavy atom. The first-order chi connectivity index (χ1) is 11.1. The summed E-state index contributed by atoms with van der Waals surface area (Å²) in [6, 6.07) is 13.0. The number of carbonyl (C=O) groups is 1. The zero-order valence-corrected chi connectivity index (χ0v) is 13.3. The summed E-state index contributed by atoms with van der Waals surface area (Å²) < 4.78 is 5.18. The first-order valence-corrected chi connectivity index (χ1v) is 8.00. The number of nitrogens with one attached hydrogen (secondary N) is 1. The number of aliphatic hydroxyl groups is 1. The van der Waals surface area contributed by atoms with Crippen molar-refractivity contribution in [3.05, 3.63) is 65.6 Å². The van der Waals surface area contributed by atoms with Crippen LogP contribution >= 0.6 is 11.3 Å². The van der Waals surface area contributed by atoms with Crippen LogP contribution in [-0.2, 0) is 5.60 Å². The van der Waals surface area contributed by atoms with Gasteiger partial charge in [0.25, 0.3) is 5.91 Å². The third-order valence-electron chi connectivity index (χ3n) is 3.40. The molecular formula is C17H16N2O3S. The van der Waals surface area contributed by atoms with Crippen LogP contribution in [0.25, 0.3) is 10.6 Å². The van der Waals surface area contributed by atoms with Gasteiger partial charge in [0.2, 0.25) is 0 Å². The minimum absolute atomic E-state index is 0.0392. The molecule has 3 aromatic rings. The van der Waals surface area contributed by atoms with Gasteiger partial charge in [-0.25, -0.2) is 4.98 Å². The molecule has 0 saturated heterocycles. The molecule has 0 aliphatic heterocycles. The van der Waals surface area contributed by atoms with E-state index in [1.54, 1.807) is 24.4 Å². The van der Waals surface area contributed by atoms with Gasteiger partial charge in [0.05, 0.1) is 12.8 Å². The molecule has 3 rings (SSSR count). The number of aromatic nitrogens is 1. The molecule has 1 unspecified atom stereocenters. The van der Waals surface area contributed by atoms with Crippen LogP contribution in [0.5, 0.6) is 0 Å². The van der Waals surface area contributed by atoms with Gasteiger partial charge in [-0.05, 0) is 19.1 Å². The second-order valence-corrected chi connectivity index (χ2v) is 6.20. The fourth-order valence-corrected chi connectivity index (χ4v) is 2.91. The number of furan rings is 1. The molecule has 2 N–H and O–H groups in total. The van der Waals surface area contributed by atoms with Crippen LogP contribution in [0, 0.1) is 0 Å². The summed E-state index contributed by atoms with van der Waals surface area (Å²) in [5, 5.41) is 15.5. The Bertz CT molecular complexity index is 779. The summed E-state index contributed by atoms with van der Waals surface area (Å²) in [6.45, 7) is 1.63. The molecule has 0 radical (unpaired) electrons. The second-order valence-electron chi connectivity index (χ2n) is 5.34. The lowest BCUT2D eigenvalue weighted by molar-refractivity contribution is 0.0329. The SMILES string of the molecule is CC(O)(CNC(=O)c1csc(-c2ccccc2)n1)c1ccco1. The van der Waals surface area contributed by atoms with Gasteiger partial charge in [0, 0.05) is 10.9 Å². The molecule has 5 nitrogen and oxygen atoms in total. The standard InChI is InChI=1S/C17H16N2O3S/c1-17(21,14-8-5-9-22-14)11-18-15(20)13-10-23-16(19-13)12-6-3-2-4-7-12/h2-10,21H,11H2,1H3,(H,18,20). The lowest BCUT2D eigenvalue weighted by Crippen LogP contribution is -2.38. The van der Waals surface area contributed by atoms with Crippen LogP contribution in [0.2, 0.25) is 0 Å². The third-order valence-corrected chi connectivity index (χ3v) is 4.29. The van der Waals surface area contributed by atoms with Crippen molar-refractivity contribution in [3.8, 4) is 10.6 Å². The largest absolute Gasteiger partial charge is 0.466 e. The maximum absolute atomic E-state index is 12.2. The Hall–Kier alpha value is -2.44. The molecule has 0 fully saturated rings. The molecule has 1 aromatic carbocycles. The molecule has 0 spiro atoms. The molecule has 0 bridgehead atoms. The fourth-order valence-electron chi connectivity index (χ4n) is 2.11. The van der Waals surface area contributed by atoms with E-state index in [4.69, 9.17) is 4.42 Å². The summed E-state index contributed by atoms with van der Waals surface area (Å²) in [4.78, 5) is 16.5. The Balaban J connectivity index is 1.66. The van der Waals surface area contributed by atoms with Crippen LogP contribution in [0.1, 0.15) is 23.2 Å². The highest BCUT2D eigenvalue weighted by Gasteiger charge is 2.27. The van der Waals surface area contributed by atoms with Crippen molar-refractivity contribution in [2.24, 2.45) is 0 Å². The lowest BCUT2D eigenvalue weighted by Gasteiger charge is -2.20. The van der Waals surface area contributed by atoms with E-state index in [0.717, 1.165) is 10.6 Å². The van der Waals surface area contributed by atoms with Crippen LogP contribution in [0.3, 0.4) is 0 Å². The first kappa shape index (κ1) is 15.5. The number of carbonyl (C=O) groups excluding carboxylic acids is 1. The molecule has 118 valence electrons. The topological polar surface area (TPSA) is 75.4 Å². The molecular weight excluding hydrogens is 312 g/mol. The van der Waals surface area contributed by atoms with Crippen molar-refractivity contribution in [1.82, 2.24) is 10.3 Å². The Labute approximate surface area is 137 Å². The molecule has 0 aliphatic carbocycles. The van der Waals surface area contributed by atoms with Crippen LogP contribution in [0.15, 0.2) is 58.5 Å². The average molecular weight is 328 g/mol. The number of nitrogens with zero attached hydrogens (tertiary/aromatic N) is 1. The van der Waals surface area contributed by atoms with E-state index in [0.29, 0.717) is 11.5 Å². The fraction of sp³-hybridized carbons (Fsp3) is 0.176. The van der Waals surface area contributed by atoms with Gasteiger partial charge in [-0.15, -0.1) is 11.3 Å². The van der Waals surface area contributed by atoms with Crippen molar-refractivity contribution in [1.29, 1.82) is 0 Å². The number of amides is 1. The van der Waals surface area contributed by atoms with Gasteiger partial charge in [0.15, 0.2) is 0 Å². The molecule has 0 aliphatic rings. The third kappa shape index (κ3) is 3.49. The van der Waals surface area contributed by atoms with E-state index >= 15 is 0 Å². The molecule has 2 heterocycles. The van der Waals surface area contributed by atoms with Gasteiger partial charge in [-0.1, -0.05) is 30.3 Å². The van der Waals surface area contributed by atoms with Gasteiger partial charge in [-0.3, -0.25) is 4.79 Å². The van der Waals surface area contributed by atoms with Crippen LogP contribution < -0.4 is 5.32 Å². The zero-order chi connectivity index (χ0) is 16.3. The Morgan fingerprint density at radius 1 is 1.30 bits per heavy atom. The predicted octanol–water partition coefficient (Wildman–Crippen LogP) is 3.04. The minimum atomic E-state index is -1.27. The zero-order valence-electron chi connectivity index (χ0n) is 12.5. The summed E-state index contributed by atoms with van der Waals surface area (Å²) in [5.41, 5.74) is 0.0421. The van der Waals surface area contributed by atoms with Crippen molar-refractivity contribution in [3.63, 3.8) is 0 Å². The molecule has 1 amide bonds. The number of thiazole rings is 1. The molecule has 23 heavy (non-hydrogen) atoms. The smallest absolute Gasteiger partial charge is 0.270 e. The lowest BCUT2D eigenvalue weighted by atomic mass is 10.0. The van der Waals surface area contributed by atoms with Gasteiger partial charge in [0.1, 0.15) is 22.1 Å². The monoisotopic (exact) mass is 328 g/mol. The highest BCUT2D eigenvalue weighted by atomic mass is 32.1. The van der Waals surface area contributed by atoms with E-state index in [-0.39, 0.29) is 12.5 Å². The van der Waals surface area contributed by atoms with E-state index < -0.39 is 5.60 Å². The summed E-state index contributed by atoms with van der Waals surface area (Å²) in [7, 11) is 0. The number of hydrogen-bond acceptors (Lipinski definition) is 5. The summed E-state index contributed by atoms with van der Waals surface area (Å²) in [5.74, 6) is 0.0799. The van der Waals surface area contributed by atoms with E-state index in [2.05, 4.69) is 10.3 Å². The molecule has 1 atom stereocenters. The number of rotatable bonds is 5. The van der Waals surface area contributed by atoms with Crippen molar-refractivity contribution >= 4 is 17.2 Å². The highest BCUT2D eigenvalue weighted by Crippen LogP contribution is 2.24. The van der Waals surface area contributed by atoms with Gasteiger partial charge < -0.3 is 14.8 Å². The quantitative estimate of drug-likeness (QED) is 0.755. The summed E-state index contributed by atoms with van der Waals surface area (Å²) >= 11 is 1.41. The minimum Gasteiger partial charge on any atom is -0.466 e. The Morgan fingerprint density at radius 2 is 2.09 bits per heavy atom. The molecule has 0 saturated carbocycles. The highest BCUT2D eigenvalue weighted by molar-refractivity contribution is 7.13. The van der Waals surface area contributed by atoms with E-state index in [9.17, 15) is 9.90 Å². The Kier molecular flexibility index (Phi) is 4.27. The van der Waals surface area contributed by atoms with Gasteiger partial charge in [-0.2, -0.15) is 0 Å². The predicted molar refractivity (Wildman–Crippen MR) is 88.2 cm³/mol. The van der Waals surface area contributed by atoms with Crippen molar-refractivity contribution in [2.45, 2.75) is 12.5 Å². The van der Waals surface area contributed by atoms with Crippen molar-refractivity contribution in [2.75, 3.05) is 6.54 Å². The normalized spacial score (nSPS) is 13.5. The second kappa shape index (κ2) is 6.36. The average Bonchev–Trinajstić information content (AvgIpc) is 3.25. The van der Waals surface area contributed by atoms with Crippen LogP contribution in [0.4, 0.5) is 0 Å². The molecule has 2 aromatic heterocycles. The van der Waals surface area contributed by atoms with Crippen LogP contribution in [-0.4, -0.2) is 22.5 Å².